The van der Waals surface area contributed by atoms with E-state index < -0.39 is 5.97 Å². The van der Waals surface area contributed by atoms with Crippen LogP contribution >= 0.6 is 0 Å². The van der Waals surface area contributed by atoms with Crippen LogP contribution in [-0.2, 0) is 4.79 Å². The molecule has 0 saturated heterocycles. The second-order valence-electron chi connectivity index (χ2n) is 6.72. The standard InChI is InChI=1S/C17H28O2/c1-13-5-9-15(10-6-13)16-11-7-14(8-12-16)3-2-4-17(18)19/h2-3,13-16H,4-12H2,1H3,(H,18,19)/t13-,14-,15-,16-. The van der Waals surface area contributed by atoms with Gasteiger partial charge in [0.05, 0.1) is 6.42 Å². The van der Waals surface area contributed by atoms with E-state index >= 15 is 0 Å². The summed E-state index contributed by atoms with van der Waals surface area (Å²) in [5.74, 6) is 2.81. The van der Waals surface area contributed by atoms with Crippen molar-refractivity contribution in [2.75, 3.05) is 0 Å². The lowest BCUT2D eigenvalue weighted by Crippen LogP contribution is -2.24. The lowest BCUT2D eigenvalue weighted by Gasteiger charge is -2.36. The number of hydrogen-bond donors (Lipinski definition) is 1. The number of allylic oxidation sites excluding steroid dienone is 1. The van der Waals surface area contributed by atoms with Crippen molar-refractivity contribution in [3.8, 4) is 0 Å². The lowest BCUT2D eigenvalue weighted by atomic mass is 9.69. The summed E-state index contributed by atoms with van der Waals surface area (Å²) < 4.78 is 0. The molecule has 0 aromatic heterocycles. The number of hydrogen-bond acceptors (Lipinski definition) is 1. The highest BCUT2D eigenvalue weighted by Crippen LogP contribution is 2.41. The number of carbonyl (C=O) groups is 1. The van der Waals surface area contributed by atoms with Gasteiger partial charge in [0, 0.05) is 0 Å². The summed E-state index contributed by atoms with van der Waals surface area (Å²) in [4.78, 5) is 10.5. The fourth-order valence-corrected chi connectivity index (χ4v) is 3.93. The predicted molar refractivity (Wildman–Crippen MR) is 78.0 cm³/mol. The summed E-state index contributed by atoms with van der Waals surface area (Å²) in [6.45, 7) is 2.39. The van der Waals surface area contributed by atoms with Crippen LogP contribution in [0.4, 0.5) is 0 Å². The van der Waals surface area contributed by atoms with Crippen molar-refractivity contribution < 1.29 is 9.90 Å². The number of carboxylic acid groups (broad SMARTS) is 1. The van der Waals surface area contributed by atoms with Crippen LogP contribution in [0.1, 0.15) is 64.7 Å². The van der Waals surface area contributed by atoms with Crippen molar-refractivity contribution in [1.82, 2.24) is 0 Å². The molecule has 2 aliphatic rings. The summed E-state index contributed by atoms with van der Waals surface area (Å²) in [5, 5.41) is 8.63. The van der Waals surface area contributed by atoms with E-state index in [0.717, 1.165) is 17.8 Å². The van der Waals surface area contributed by atoms with E-state index in [9.17, 15) is 4.79 Å². The SMILES string of the molecule is C[C@H]1CC[C@H]([C@H]2CC[C@H](C=CCC(=O)O)CC2)CC1. The van der Waals surface area contributed by atoms with Crippen molar-refractivity contribution in [3.63, 3.8) is 0 Å². The van der Waals surface area contributed by atoms with Crippen molar-refractivity contribution >= 4 is 5.97 Å². The summed E-state index contributed by atoms with van der Waals surface area (Å²) in [7, 11) is 0. The van der Waals surface area contributed by atoms with E-state index in [1.165, 1.54) is 51.4 Å². The Hall–Kier alpha value is -0.790. The fourth-order valence-electron chi connectivity index (χ4n) is 3.93. The minimum atomic E-state index is -0.721. The van der Waals surface area contributed by atoms with Crippen molar-refractivity contribution in [1.29, 1.82) is 0 Å². The highest BCUT2D eigenvalue weighted by Gasteiger charge is 2.29. The molecule has 0 heterocycles. The Labute approximate surface area is 117 Å². The first-order valence-corrected chi connectivity index (χ1v) is 8.03. The second kappa shape index (κ2) is 7.12. The Morgan fingerprint density at radius 1 is 1.00 bits per heavy atom. The summed E-state index contributed by atoms with van der Waals surface area (Å²) >= 11 is 0. The molecule has 2 fully saturated rings. The largest absolute Gasteiger partial charge is 0.481 e. The molecular weight excluding hydrogens is 236 g/mol. The average Bonchev–Trinajstić information content (AvgIpc) is 2.40. The van der Waals surface area contributed by atoms with Gasteiger partial charge < -0.3 is 5.11 Å². The van der Waals surface area contributed by atoms with Crippen LogP contribution in [0, 0.1) is 23.7 Å². The molecule has 0 radical (unpaired) electrons. The number of rotatable bonds is 4. The van der Waals surface area contributed by atoms with Gasteiger partial charge in [-0.25, -0.2) is 0 Å². The molecule has 0 aromatic rings. The maximum Gasteiger partial charge on any atom is 0.307 e. The van der Waals surface area contributed by atoms with Crippen LogP contribution in [0.5, 0.6) is 0 Å². The third-order valence-corrected chi connectivity index (χ3v) is 5.24. The third-order valence-electron chi connectivity index (χ3n) is 5.24. The minimum absolute atomic E-state index is 0.181. The van der Waals surface area contributed by atoms with Crippen molar-refractivity contribution in [2.45, 2.75) is 64.7 Å². The van der Waals surface area contributed by atoms with E-state index in [4.69, 9.17) is 5.11 Å². The normalized spacial score (nSPS) is 36.5. The molecule has 2 saturated carbocycles. The van der Waals surface area contributed by atoms with Crippen LogP contribution in [0.3, 0.4) is 0 Å². The first kappa shape index (κ1) is 14.6. The number of carboxylic acids is 1. The maximum absolute atomic E-state index is 10.5. The maximum atomic E-state index is 10.5. The molecule has 0 aromatic carbocycles. The fraction of sp³-hybridized carbons (Fsp3) is 0.824. The van der Waals surface area contributed by atoms with Crippen LogP contribution < -0.4 is 0 Å². The minimum Gasteiger partial charge on any atom is -0.481 e. The smallest absolute Gasteiger partial charge is 0.307 e. The molecule has 2 rings (SSSR count). The van der Waals surface area contributed by atoms with Crippen molar-refractivity contribution in [3.05, 3.63) is 12.2 Å². The van der Waals surface area contributed by atoms with Gasteiger partial charge in [-0.05, 0) is 62.2 Å². The Bertz CT molecular complexity index is 305. The highest BCUT2D eigenvalue weighted by atomic mass is 16.4. The molecule has 108 valence electrons. The summed E-state index contributed by atoms with van der Waals surface area (Å²) in [6.07, 6.45) is 15.2. The van der Waals surface area contributed by atoms with Gasteiger partial charge in [0.1, 0.15) is 0 Å². The van der Waals surface area contributed by atoms with Gasteiger partial charge in [-0.3, -0.25) is 4.79 Å². The van der Waals surface area contributed by atoms with Gasteiger partial charge in [0.15, 0.2) is 0 Å². The first-order chi connectivity index (χ1) is 9.15. The Kier molecular flexibility index (Phi) is 5.47. The average molecular weight is 264 g/mol. The molecule has 0 aliphatic heterocycles. The molecule has 2 nitrogen and oxygen atoms in total. The summed E-state index contributed by atoms with van der Waals surface area (Å²) in [5.41, 5.74) is 0. The molecular formula is C17H28O2. The molecule has 2 aliphatic carbocycles. The molecule has 0 spiro atoms. The second-order valence-corrected chi connectivity index (χ2v) is 6.72. The topological polar surface area (TPSA) is 37.3 Å². The van der Waals surface area contributed by atoms with Gasteiger partial charge >= 0.3 is 5.97 Å². The van der Waals surface area contributed by atoms with E-state index in [1.54, 1.807) is 0 Å². The van der Waals surface area contributed by atoms with Gasteiger partial charge in [0.25, 0.3) is 0 Å². The molecule has 0 atom stereocenters. The third kappa shape index (κ3) is 4.67. The Morgan fingerprint density at radius 2 is 1.53 bits per heavy atom. The zero-order chi connectivity index (χ0) is 13.7. The molecule has 2 heteroatoms. The van der Waals surface area contributed by atoms with Gasteiger partial charge in [-0.15, -0.1) is 0 Å². The van der Waals surface area contributed by atoms with Gasteiger partial charge in [-0.1, -0.05) is 31.9 Å². The van der Waals surface area contributed by atoms with E-state index in [1.807, 2.05) is 6.08 Å². The Morgan fingerprint density at radius 3 is 2.05 bits per heavy atom. The zero-order valence-corrected chi connectivity index (χ0v) is 12.2. The van der Waals surface area contributed by atoms with E-state index in [-0.39, 0.29) is 6.42 Å². The molecule has 0 bridgehead atoms. The van der Waals surface area contributed by atoms with E-state index in [0.29, 0.717) is 5.92 Å². The van der Waals surface area contributed by atoms with Crippen LogP contribution in [0.15, 0.2) is 12.2 Å². The monoisotopic (exact) mass is 264 g/mol. The van der Waals surface area contributed by atoms with Gasteiger partial charge in [0.2, 0.25) is 0 Å². The molecule has 19 heavy (non-hydrogen) atoms. The number of aliphatic carboxylic acids is 1. The van der Waals surface area contributed by atoms with Crippen LogP contribution in [0.2, 0.25) is 0 Å². The van der Waals surface area contributed by atoms with E-state index in [2.05, 4.69) is 13.0 Å². The summed E-state index contributed by atoms with van der Waals surface area (Å²) in [6, 6.07) is 0. The molecule has 0 unspecified atom stereocenters. The highest BCUT2D eigenvalue weighted by molar-refractivity contribution is 5.68. The lowest BCUT2D eigenvalue weighted by molar-refractivity contribution is -0.136. The van der Waals surface area contributed by atoms with Gasteiger partial charge in [-0.2, -0.15) is 0 Å². The van der Waals surface area contributed by atoms with Crippen LogP contribution in [0.25, 0.3) is 0 Å². The van der Waals surface area contributed by atoms with Crippen molar-refractivity contribution in [2.24, 2.45) is 23.7 Å². The molecule has 0 amide bonds. The Balaban J connectivity index is 1.70. The predicted octanol–water partition coefficient (Wildman–Crippen LogP) is 4.65. The zero-order valence-electron chi connectivity index (χ0n) is 12.2. The quantitative estimate of drug-likeness (QED) is 0.750. The first-order valence-electron chi connectivity index (χ1n) is 8.03. The van der Waals surface area contributed by atoms with Crippen LogP contribution in [-0.4, -0.2) is 11.1 Å². The molecule has 1 N–H and O–H groups in total.